The first-order valence-electron chi connectivity index (χ1n) is 7.00. The van der Waals surface area contributed by atoms with Crippen molar-refractivity contribution in [2.24, 2.45) is 0 Å². The fourth-order valence-corrected chi connectivity index (χ4v) is 2.84. The average molecular weight is 269 g/mol. The fourth-order valence-electron chi connectivity index (χ4n) is 2.84. The van der Waals surface area contributed by atoms with Gasteiger partial charge in [-0.2, -0.15) is 0 Å². The number of nitrogens with one attached hydrogen (secondary N) is 1. The van der Waals surface area contributed by atoms with Crippen molar-refractivity contribution in [1.82, 2.24) is 19.9 Å². The topological polar surface area (TPSA) is 53.9 Å². The highest BCUT2D eigenvalue weighted by atomic mass is 15.2. The van der Waals surface area contributed by atoms with Gasteiger partial charge in [-0.15, -0.1) is 0 Å². The average Bonchev–Trinajstić information content (AvgIpc) is 2.97. The first-order valence-corrected chi connectivity index (χ1v) is 7.00. The maximum Gasteiger partial charge on any atom is 0.130 e. The first kappa shape index (κ1) is 13.0. The molecule has 5 nitrogen and oxygen atoms in total. The van der Waals surface area contributed by atoms with E-state index in [1.807, 2.05) is 25.5 Å². The third-order valence-corrected chi connectivity index (χ3v) is 3.79. The molecule has 0 bridgehead atoms. The number of hydrogen-bond donors (Lipinski definition) is 1. The molecule has 0 aromatic carbocycles. The standard InChI is InChI=1S/C15H19N5/c1-16-15-12(4-2-6-19-15)11-20-9-3-5-14(20)13-10-17-7-8-18-13/h2,4,6-8,10,14H,3,5,9,11H2,1H3,(H,16,19)/t14-/m0/s1. The van der Waals surface area contributed by atoms with E-state index in [1.165, 1.54) is 12.0 Å². The van der Waals surface area contributed by atoms with Crippen LogP contribution >= 0.6 is 0 Å². The Morgan fingerprint density at radius 3 is 3.05 bits per heavy atom. The smallest absolute Gasteiger partial charge is 0.130 e. The van der Waals surface area contributed by atoms with Crippen molar-refractivity contribution in [3.05, 3.63) is 48.2 Å². The number of aromatic nitrogens is 3. The van der Waals surface area contributed by atoms with Gasteiger partial charge < -0.3 is 5.32 Å². The van der Waals surface area contributed by atoms with Crippen LogP contribution in [0, 0.1) is 0 Å². The van der Waals surface area contributed by atoms with Gasteiger partial charge in [0.1, 0.15) is 5.82 Å². The second-order valence-corrected chi connectivity index (χ2v) is 5.02. The summed E-state index contributed by atoms with van der Waals surface area (Å²) in [6.07, 6.45) is 9.55. The molecule has 0 unspecified atom stereocenters. The largest absolute Gasteiger partial charge is 0.373 e. The lowest BCUT2D eigenvalue weighted by Crippen LogP contribution is -2.24. The number of likely N-dealkylation sites (tertiary alicyclic amines) is 1. The second kappa shape index (κ2) is 5.96. The molecule has 20 heavy (non-hydrogen) atoms. The lowest BCUT2D eigenvalue weighted by atomic mass is 10.1. The van der Waals surface area contributed by atoms with E-state index in [-0.39, 0.29) is 0 Å². The molecule has 104 valence electrons. The summed E-state index contributed by atoms with van der Waals surface area (Å²) in [6, 6.07) is 4.49. The number of rotatable bonds is 4. The molecule has 2 aromatic rings. The quantitative estimate of drug-likeness (QED) is 0.922. The summed E-state index contributed by atoms with van der Waals surface area (Å²) >= 11 is 0. The molecule has 0 aliphatic carbocycles. The maximum atomic E-state index is 4.46. The van der Waals surface area contributed by atoms with Crippen molar-refractivity contribution < 1.29 is 0 Å². The molecule has 1 aliphatic heterocycles. The van der Waals surface area contributed by atoms with Crippen molar-refractivity contribution in [3.63, 3.8) is 0 Å². The molecule has 1 aliphatic rings. The van der Waals surface area contributed by atoms with Crippen LogP contribution in [0.4, 0.5) is 5.82 Å². The van der Waals surface area contributed by atoms with Crippen LogP contribution in [0.15, 0.2) is 36.9 Å². The van der Waals surface area contributed by atoms with E-state index in [4.69, 9.17) is 0 Å². The van der Waals surface area contributed by atoms with Gasteiger partial charge in [-0.1, -0.05) is 6.07 Å². The van der Waals surface area contributed by atoms with Crippen LogP contribution in [0.3, 0.4) is 0 Å². The summed E-state index contributed by atoms with van der Waals surface area (Å²) in [6.45, 7) is 1.99. The van der Waals surface area contributed by atoms with E-state index in [2.05, 4.69) is 31.2 Å². The molecule has 3 heterocycles. The van der Waals surface area contributed by atoms with Crippen LogP contribution in [-0.2, 0) is 6.54 Å². The van der Waals surface area contributed by atoms with E-state index in [9.17, 15) is 0 Å². The van der Waals surface area contributed by atoms with E-state index >= 15 is 0 Å². The number of pyridine rings is 1. The molecule has 0 radical (unpaired) electrons. The van der Waals surface area contributed by atoms with Gasteiger partial charge in [-0.3, -0.25) is 14.9 Å². The molecule has 1 atom stereocenters. The van der Waals surface area contributed by atoms with Gasteiger partial charge in [-0.05, 0) is 25.5 Å². The summed E-state index contributed by atoms with van der Waals surface area (Å²) < 4.78 is 0. The van der Waals surface area contributed by atoms with Crippen LogP contribution in [0.1, 0.15) is 30.1 Å². The van der Waals surface area contributed by atoms with E-state index in [0.29, 0.717) is 6.04 Å². The Morgan fingerprint density at radius 1 is 1.30 bits per heavy atom. The molecule has 0 amide bonds. The summed E-state index contributed by atoms with van der Waals surface area (Å²) in [5.74, 6) is 0.956. The number of hydrogen-bond acceptors (Lipinski definition) is 5. The van der Waals surface area contributed by atoms with Gasteiger partial charge >= 0.3 is 0 Å². The minimum absolute atomic E-state index is 0.369. The van der Waals surface area contributed by atoms with Crippen LogP contribution in [0.5, 0.6) is 0 Å². The zero-order valence-electron chi connectivity index (χ0n) is 11.7. The van der Waals surface area contributed by atoms with Crippen molar-refractivity contribution >= 4 is 5.82 Å². The molecule has 0 saturated carbocycles. The van der Waals surface area contributed by atoms with Crippen molar-refractivity contribution in [1.29, 1.82) is 0 Å². The Kier molecular flexibility index (Phi) is 3.87. The van der Waals surface area contributed by atoms with E-state index < -0.39 is 0 Å². The summed E-state index contributed by atoms with van der Waals surface area (Å²) in [7, 11) is 1.91. The van der Waals surface area contributed by atoms with Gasteiger partial charge in [0.25, 0.3) is 0 Å². The normalized spacial score (nSPS) is 19.1. The molecular formula is C15H19N5. The zero-order valence-corrected chi connectivity index (χ0v) is 11.7. The van der Waals surface area contributed by atoms with Crippen molar-refractivity contribution in [2.75, 3.05) is 18.9 Å². The van der Waals surface area contributed by atoms with Gasteiger partial charge in [0.05, 0.1) is 11.7 Å². The number of anilines is 1. The molecule has 2 aromatic heterocycles. The predicted octanol–water partition coefficient (Wildman–Crippen LogP) is 2.25. The molecule has 5 heteroatoms. The highest BCUT2D eigenvalue weighted by Gasteiger charge is 2.27. The molecule has 1 saturated heterocycles. The third kappa shape index (κ3) is 2.63. The van der Waals surface area contributed by atoms with Gasteiger partial charge in [-0.25, -0.2) is 4.98 Å². The third-order valence-electron chi connectivity index (χ3n) is 3.79. The monoisotopic (exact) mass is 269 g/mol. The van der Waals surface area contributed by atoms with Crippen LogP contribution in [-0.4, -0.2) is 33.4 Å². The minimum Gasteiger partial charge on any atom is -0.373 e. The second-order valence-electron chi connectivity index (χ2n) is 5.02. The first-order chi connectivity index (χ1) is 9.88. The lowest BCUT2D eigenvalue weighted by molar-refractivity contribution is 0.244. The Labute approximate surface area is 119 Å². The molecule has 1 fully saturated rings. The molecule has 0 spiro atoms. The Balaban J connectivity index is 1.79. The fraction of sp³-hybridized carbons (Fsp3) is 0.400. The lowest BCUT2D eigenvalue weighted by Gasteiger charge is -2.24. The zero-order chi connectivity index (χ0) is 13.8. The summed E-state index contributed by atoms with van der Waals surface area (Å²) in [5, 5.41) is 3.16. The highest BCUT2D eigenvalue weighted by molar-refractivity contribution is 5.42. The van der Waals surface area contributed by atoms with Crippen molar-refractivity contribution in [3.8, 4) is 0 Å². The predicted molar refractivity (Wildman–Crippen MR) is 78.2 cm³/mol. The molecular weight excluding hydrogens is 250 g/mol. The molecule has 1 N–H and O–H groups in total. The highest BCUT2D eigenvalue weighted by Crippen LogP contribution is 2.32. The van der Waals surface area contributed by atoms with Crippen LogP contribution < -0.4 is 5.32 Å². The van der Waals surface area contributed by atoms with Gasteiger partial charge in [0, 0.05) is 43.9 Å². The van der Waals surface area contributed by atoms with Crippen molar-refractivity contribution in [2.45, 2.75) is 25.4 Å². The summed E-state index contributed by atoms with van der Waals surface area (Å²) in [4.78, 5) is 15.5. The van der Waals surface area contributed by atoms with Gasteiger partial charge in [0.2, 0.25) is 0 Å². The van der Waals surface area contributed by atoms with Gasteiger partial charge in [0.15, 0.2) is 0 Å². The Bertz CT molecular complexity index is 557. The number of nitrogens with zero attached hydrogens (tertiary/aromatic N) is 4. The molecule has 3 rings (SSSR count). The Hall–Kier alpha value is -2.01. The maximum absolute atomic E-state index is 4.46. The minimum atomic E-state index is 0.369. The van der Waals surface area contributed by atoms with Crippen LogP contribution in [0.25, 0.3) is 0 Å². The van der Waals surface area contributed by atoms with E-state index in [0.717, 1.165) is 31.0 Å². The van der Waals surface area contributed by atoms with Crippen LogP contribution in [0.2, 0.25) is 0 Å². The van der Waals surface area contributed by atoms with E-state index in [1.54, 1.807) is 12.4 Å². The SMILES string of the molecule is CNc1ncccc1CN1CCC[C@H]1c1cnccn1. The Morgan fingerprint density at radius 2 is 2.25 bits per heavy atom. The summed E-state index contributed by atoms with van der Waals surface area (Å²) in [5.41, 5.74) is 2.30.